The van der Waals surface area contributed by atoms with Gasteiger partial charge in [-0.1, -0.05) is 36.8 Å². The minimum Gasteiger partial charge on any atom is -0.460 e. The molecule has 0 saturated carbocycles. The van der Waals surface area contributed by atoms with Gasteiger partial charge in [0.1, 0.15) is 11.4 Å². The zero-order valence-corrected chi connectivity index (χ0v) is 21.4. The first-order chi connectivity index (χ1) is 15.7. The first kappa shape index (κ1) is 29.6. The van der Waals surface area contributed by atoms with Crippen LogP contribution in [-0.4, -0.2) is 53.0 Å². The van der Waals surface area contributed by atoms with Gasteiger partial charge < -0.3 is 14.2 Å². The standard InChI is InChI=1S/C25H42O7S/c1-25(2,3)32-24(26)16-8-5-9-17-29-18-10-11-19-30-20-12-13-21-31-33(27,28)22-23-14-6-4-7-15-23/h4,6-7,14-15H,5,8-13,16-22H2,1-3H3. The number of rotatable bonds is 19. The predicted molar refractivity (Wildman–Crippen MR) is 129 cm³/mol. The van der Waals surface area contributed by atoms with E-state index in [1.165, 1.54) is 0 Å². The maximum atomic E-state index is 11.9. The van der Waals surface area contributed by atoms with E-state index in [0.29, 0.717) is 39.3 Å². The van der Waals surface area contributed by atoms with Gasteiger partial charge in [0.2, 0.25) is 0 Å². The highest BCUT2D eigenvalue weighted by Crippen LogP contribution is 2.11. The lowest BCUT2D eigenvalue weighted by Crippen LogP contribution is -2.23. The molecule has 0 aliphatic rings. The van der Waals surface area contributed by atoms with E-state index < -0.39 is 15.7 Å². The van der Waals surface area contributed by atoms with Crippen LogP contribution in [0.4, 0.5) is 0 Å². The average molecular weight is 487 g/mol. The maximum Gasteiger partial charge on any atom is 0.306 e. The van der Waals surface area contributed by atoms with Crippen molar-refractivity contribution in [3.8, 4) is 0 Å². The van der Waals surface area contributed by atoms with E-state index in [9.17, 15) is 13.2 Å². The van der Waals surface area contributed by atoms with Crippen LogP contribution in [0.15, 0.2) is 30.3 Å². The number of carbonyl (C=O) groups excluding carboxylic acids is 1. The van der Waals surface area contributed by atoms with Gasteiger partial charge in [-0.25, -0.2) is 0 Å². The molecule has 0 aromatic heterocycles. The average Bonchev–Trinajstić information content (AvgIpc) is 2.72. The van der Waals surface area contributed by atoms with Gasteiger partial charge in [0.15, 0.2) is 0 Å². The highest BCUT2D eigenvalue weighted by molar-refractivity contribution is 7.85. The van der Waals surface area contributed by atoms with Gasteiger partial charge in [-0.2, -0.15) is 8.42 Å². The summed E-state index contributed by atoms with van der Waals surface area (Å²) < 4.78 is 45.4. The number of hydrogen-bond acceptors (Lipinski definition) is 7. The fraction of sp³-hybridized carbons (Fsp3) is 0.720. The predicted octanol–water partition coefficient (Wildman–Crippen LogP) is 5.03. The van der Waals surface area contributed by atoms with Crippen LogP contribution in [0.3, 0.4) is 0 Å². The first-order valence-electron chi connectivity index (χ1n) is 12.0. The fourth-order valence-corrected chi connectivity index (χ4v) is 4.02. The number of benzene rings is 1. The zero-order chi connectivity index (χ0) is 24.4. The van der Waals surface area contributed by atoms with Crippen molar-refractivity contribution in [2.45, 2.75) is 83.5 Å². The van der Waals surface area contributed by atoms with Gasteiger partial charge in [0.05, 0.1) is 6.61 Å². The summed E-state index contributed by atoms with van der Waals surface area (Å²) in [5.74, 6) is -0.234. The molecule has 0 aliphatic heterocycles. The molecule has 33 heavy (non-hydrogen) atoms. The Morgan fingerprint density at radius 2 is 1.27 bits per heavy atom. The lowest BCUT2D eigenvalue weighted by molar-refractivity contribution is -0.154. The molecule has 0 fully saturated rings. The van der Waals surface area contributed by atoms with E-state index in [4.69, 9.17) is 18.4 Å². The van der Waals surface area contributed by atoms with Crippen LogP contribution in [0.5, 0.6) is 0 Å². The van der Waals surface area contributed by atoms with Gasteiger partial charge in [0.25, 0.3) is 10.1 Å². The van der Waals surface area contributed by atoms with Crippen molar-refractivity contribution < 1.29 is 31.6 Å². The molecule has 190 valence electrons. The normalized spacial score (nSPS) is 12.1. The Balaban J connectivity index is 1.83. The van der Waals surface area contributed by atoms with E-state index in [2.05, 4.69) is 0 Å². The number of unbranched alkanes of at least 4 members (excludes halogenated alkanes) is 4. The summed E-state index contributed by atoms with van der Waals surface area (Å²) in [6.07, 6.45) is 6.48. The van der Waals surface area contributed by atoms with Crippen LogP contribution in [0.1, 0.15) is 77.7 Å². The van der Waals surface area contributed by atoms with Crippen molar-refractivity contribution in [1.82, 2.24) is 0 Å². The van der Waals surface area contributed by atoms with Gasteiger partial charge in [-0.05, 0) is 64.9 Å². The fourth-order valence-electron chi connectivity index (χ4n) is 2.97. The van der Waals surface area contributed by atoms with E-state index >= 15 is 0 Å². The topological polar surface area (TPSA) is 88.1 Å². The Hall–Kier alpha value is -1.48. The quantitative estimate of drug-likeness (QED) is 0.154. The van der Waals surface area contributed by atoms with Crippen molar-refractivity contribution in [3.63, 3.8) is 0 Å². The Labute approximate surface area is 200 Å². The maximum absolute atomic E-state index is 11.9. The van der Waals surface area contributed by atoms with Crippen molar-refractivity contribution in [2.75, 3.05) is 33.0 Å². The van der Waals surface area contributed by atoms with Crippen LogP contribution in [0, 0.1) is 0 Å². The van der Waals surface area contributed by atoms with Crippen LogP contribution in [0.25, 0.3) is 0 Å². The van der Waals surface area contributed by atoms with Crippen molar-refractivity contribution in [2.24, 2.45) is 0 Å². The van der Waals surface area contributed by atoms with Gasteiger partial charge >= 0.3 is 5.97 Å². The Morgan fingerprint density at radius 1 is 0.758 bits per heavy atom. The number of esters is 1. The van der Waals surface area contributed by atoms with Gasteiger partial charge in [-0.3, -0.25) is 8.98 Å². The second kappa shape index (κ2) is 17.0. The summed E-state index contributed by atoms with van der Waals surface area (Å²) in [6, 6.07) is 9.02. The summed E-state index contributed by atoms with van der Waals surface area (Å²) in [7, 11) is -3.54. The number of hydrogen-bond donors (Lipinski definition) is 0. The summed E-state index contributed by atoms with van der Waals surface area (Å²) >= 11 is 0. The molecular formula is C25H42O7S. The molecule has 1 aromatic carbocycles. The molecule has 0 heterocycles. The molecule has 0 atom stereocenters. The highest BCUT2D eigenvalue weighted by atomic mass is 32.2. The van der Waals surface area contributed by atoms with E-state index in [1.54, 1.807) is 12.1 Å². The molecule has 0 aliphatic carbocycles. The summed E-state index contributed by atoms with van der Waals surface area (Å²) in [5, 5.41) is 0. The molecule has 0 radical (unpaired) electrons. The molecule has 0 bridgehead atoms. The second-order valence-corrected chi connectivity index (χ2v) is 10.7. The lowest BCUT2D eigenvalue weighted by atomic mass is 10.1. The Morgan fingerprint density at radius 3 is 1.82 bits per heavy atom. The van der Waals surface area contributed by atoms with Crippen molar-refractivity contribution in [3.05, 3.63) is 35.9 Å². The molecule has 0 saturated heterocycles. The van der Waals surface area contributed by atoms with Crippen LogP contribution >= 0.6 is 0 Å². The van der Waals surface area contributed by atoms with E-state index in [-0.39, 0.29) is 18.3 Å². The van der Waals surface area contributed by atoms with Crippen LogP contribution in [-0.2, 0) is 39.1 Å². The third kappa shape index (κ3) is 18.6. The first-order valence-corrected chi connectivity index (χ1v) is 13.5. The lowest BCUT2D eigenvalue weighted by Gasteiger charge is -2.19. The molecule has 8 heteroatoms. The molecular weight excluding hydrogens is 444 g/mol. The minimum atomic E-state index is -3.54. The highest BCUT2D eigenvalue weighted by Gasteiger charge is 2.15. The van der Waals surface area contributed by atoms with Gasteiger partial charge in [-0.15, -0.1) is 0 Å². The van der Waals surface area contributed by atoms with E-state index in [0.717, 1.165) is 44.1 Å². The summed E-state index contributed by atoms with van der Waals surface area (Å²) in [5.41, 5.74) is 0.312. The molecule has 0 amide bonds. The summed E-state index contributed by atoms with van der Waals surface area (Å²) in [6.45, 7) is 8.51. The van der Waals surface area contributed by atoms with Gasteiger partial charge in [0, 0.05) is 32.8 Å². The van der Waals surface area contributed by atoms with Crippen LogP contribution in [0.2, 0.25) is 0 Å². The van der Waals surface area contributed by atoms with Crippen molar-refractivity contribution >= 4 is 16.1 Å². The third-order valence-corrected chi connectivity index (χ3v) is 5.76. The van der Waals surface area contributed by atoms with E-state index in [1.807, 2.05) is 39.0 Å². The SMILES string of the molecule is CC(C)(C)OC(=O)CCCCCOCCCCOCCCCOS(=O)(=O)Cc1ccccc1. The monoisotopic (exact) mass is 486 g/mol. The van der Waals surface area contributed by atoms with Crippen molar-refractivity contribution in [1.29, 1.82) is 0 Å². The molecule has 0 N–H and O–H groups in total. The number of ether oxygens (including phenoxy) is 3. The third-order valence-electron chi connectivity index (χ3n) is 4.55. The van der Waals surface area contributed by atoms with Crippen LogP contribution < -0.4 is 0 Å². The Kier molecular flexibility index (Phi) is 15.2. The molecule has 7 nitrogen and oxygen atoms in total. The molecule has 0 spiro atoms. The summed E-state index contributed by atoms with van der Waals surface area (Å²) in [4.78, 5) is 11.6. The smallest absolute Gasteiger partial charge is 0.306 e. The second-order valence-electron chi connectivity index (χ2n) is 9.05. The molecule has 0 unspecified atom stereocenters. The largest absolute Gasteiger partial charge is 0.460 e. The zero-order valence-electron chi connectivity index (χ0n) is 20.6. The molecule has 1 aromatic rings. The Bertz CT molecular complexity index is 727. The molecule has 1 rings (SSSR count). The minimum absolute atomic E-state index is 0.0987. The number of carbonyl (C=O) groups is 1.